The monoisotopic (exact) mass is 380 g/mol. The summed E-state index contributed by atoms with van der Waals surface area (Å²) in [5.74, 6) is -0.0686. The first kappa shape index (κ1) is 19.1. The molecular formula is C18H18Cl2N2O3. The number of carbonyl (C=O) groups excluding carboxylic acids is 2. The molecule has 0 aliphatic carbocycles. The molecule has 2 aromatic carbocycles. The molecule has 0 aliphatic heterocycles. The zero-order valence-electron chi connectivity index (χ0n) is 14.1. The number of methoxy groups -OCH3 is 1. The van der Waals surface area contributed by atoms with E-state index in [1.165, 1.54) is 18.9 Å². The van der Waals surface area contributed by atoms with Gasteiger partial charge in [-0.3, -0.25) is 9.59 Å². The molecule has 0 unspecified atom stereocenters. The highest BCUT2D eigenvalue weighted by Gasteiger charge is 2.18. The van der Waals surface area contributed by atoms with Gasteiger partial charge in [0.05, 0.1) is 12.1 Å². The summed E-state index contributed by atoms with van der Waals surface area (Å²) in [6, 6.07) is 10.1. The molecule has 0 atom stereocenters. The maximum atomic E-state index is 12.3. The van der Waals surface area contributed by atoms with Crippen molar-refractivity contribution in [2.75, 3.05) is 23.9 Å². The summed E-state index contributed by atoms with van der Waals surface area (Å²) < 4.78 is 5.07. The van der Waals surface area contributed by atoms with Crippen LogP contribution >= 0.6 is 23.2 Å². The van der Waals surface area contributed by atoms with Gasteiger partial charge in [0, 0.05) is 23.3 Å². The van der Waals surface area contributed by atoms with Crippen LogP contribution in [0.5, 0.6) is 5.75 Å². The first-order valence-corrected chi connectivity index (χ1v) is 8.25. The summed E-state index contributed by atoms with van der Waals surface area (Å²) in [5.41, 5.74) is 1.97. The number of ether oxygens (including phenoxy) is 1. The zero-order chi connectivity index (χ0) is 18.6. The SMILES string of the molecule is COc1ccc(NC(=O)CN(C(C)=O)c2ccc(Cl)cc2C)cc1Cl. The van der Waals surface area contributed by atoms with Crippen molar-refractivity contribution in [1.82, 2.24) is 0 Å². The molecule has 0 aromatic heterocycles. The lowest BCUT2D eigenvalue weighted by Gasteiger charge is -2.22. The van der Waals surface area contributed by atoms with Gasteiger partial charge in [0.2, 0.25) is 11.8 Å². The number of hydrogen-bond donors (Lipinski definition) is 1. The minimum Gasteiger partial charge on any atom is -0.495 e. The van der Waals surface area contributed by atoms with Gasteiger partial charge in [0.1, 0.15) is 12.3 Å². The normalized spacial score (nSPS) is 10.3. The van der Waals surface area contributed by atoms with Gasteiger partial charge in [0.15, 0.2) is 0 Å². The average molecular weight is 381 g/mol. The summed E-state index contributed by atoms with van der Waals surface area (Å²) >= 11 is 12.0. The van der Waals surface area contributed by atoms with Crippen LogP contribution in [0, 0.1) is 6.92 Å². The summed E-state index contributed by atoms with van der Waals surface area (Å²) in [6.07, 6.45) is 0. The Balaban J connectivity index is 2.15. The first-order chi connectivity index (χ1) is 11.8. The van der Waals surface area contributed by atoms with E-state index in [4.69, 9.17) is 27.9 Å². The molecule has 0 bridgehead atoms. The highest BCUT2D eigenvalue weighted by atomic mass is 35.5. The molecule has 0 fully saturated rings. The van der Waals surface area contributed by atoms with Crippen LogP contribution in [0.15, 0.2) is 36.4 Å². The first-order valence-electron chi connectivity index (χ1n) is 7.49. The lowest BCUT2D eigenvalue weighted by molar-refractivity contribution is -0.120. The topological polar surface area (TPSA) is 58.6 Å². The second kappa shape index (κ2) is 8.23. The van der Waals surface area contributed by atoms with E-state index in [0.717, 1.165) is 5.56 Å². The van der Waals surface area contributed by atoms with E-state index in [0.29, 0.717) is 27.2 Å². The number of carbonyl (C=O) groups is 2. The molecule has 0 saturated carbocycles. The van der Waals surface area contributed by atoms with Crippen LogP contribution in [0.2, 0.25) is 10.0 Å². The number of benzene rings is 2. The van der Waals surface area contributed by atoms with Crippen LogP contribution in [-0.4, -0.2) is 25.5 Å². The largest absolute Gasteiger partial charge is 0.495 e. The maximum absolute atomic E-state index is 12.3. The Bertz CT molecular complexity index is 809. The number of nitrogens with one attached hydrogen (secondary N) is 1. The summed E-state index contributed by atoms with van der Waals surface area (Å²) in [7, 11) is 1.51. The molecule has 132 valence electrons. The lowest BCUT2D eigenvalue weighted by Crippen LogP contribution is -2.37. The Morgan fingerprint density at radius 2 is 1.88 bits per heavy atom. The van der Waals surface area contributed by atoms with Crippen LogP contribution in [0.4, 0.5) is 11.4 Å². The predicted octanol–water partition coefficient (Wildman–Crippen LogP) is 4.30. The van der Waals surface area contributed by atoms with Gasteiger partial charge in [-0.25, -0.2) is 0 Å². The van der Waals surface area contributed by atoms with Gasteiger partial charge in [-0.2, -0.15) is 0 Å². The highest BCUT2D eigenvalue weighted by Crippen LogP contribution is 2.27. The Morgan fingerprint density at radius 1 is 1.16 bits per heavy atom. The second-order valence-corrected chi connectivity index (χ2v) is 6.28. The molecule has 2 aromatic rings. The van der Waals surface area contributed by atoms with Crippen molar-refractivity contribution < 1.29 is 14.3 Å². The fourth-order valence-corrected chi connectivity index (χ4v) is 2.86. The Kier molecular flexibility index (Phi) is 6.28. The van der Waals surface area contributed by atoms with Gasteiger partial charge < -0.3 is 15.0 Å². The van der Waals surface area contributed by atoms with Gasteiger partial charge in [-0.15, -0.1) is 0 Å². The third-order valence-electron chi connectivity index (χ3n) is 3.57. The summed E-state index contributed by atoms with van der Waals surface area (Å²) in [6.45, 7) is 3.12. The Hall–Kier alpha value is -2.24. The lowest BCUT2D eigenvalue weighted by atomic mass is 10.1. The van der Waals surface area contributed by atoms with E-state index in [9.17, 15) is 9.59 Å². The number of aryl methyl sites for hydroxylation is 1. The van der Waals surface area contributed by atoms with Crippen molar-refractivity contribution in [3.63, 3.8) is 0 Å². The molecule has 0 heterocycles. The molecule has 0 spiro atoms. The molecule has 25 heavy (non-hydrogen) atoms. The predicted molar refractivity (Wildman–Crippen MR) is 101 cm³/mol. The van der Waals surface area contributed by atoms with Crippen LogP contribution < -0.4 is 15.0 Å². The van der Waals surface area contributed by atoms with Gasteiger partial charge >= 0.3 is 0 Å². The van der Waals surface area contributed by atoms with Gasteiger partial charge in [-0.1, -0.05) is 23.2 Å². The van der Waals surface area contributed by atoms with E-state index in [2.05, 4.69) is 5.32 Å². The fraction of sp³-hybridized carbons (Fsp3) is 0.222. The molecule has 5 nitrogen and oxygen atoms in total. The van der Waals surface area contributed by atoms with E-state index in [-0.39, 0.29) is 18.4 Å². The Morgan fingerprint density at radius 3 is 2.44 bits per heavy atom. The molecule has 2 rings (SSSR count). The minimum atomic E-state index is -0.342. The van der Waals surface area contributed by atoms with Gasteiger partial charge in [-0.05, 0) is 48.9 Å². The van der Waals surface area contributed by atoms with Gasteiger partial charge in [0.25, 0.3) is 0 Å². The van der Waals surface area contributed by atoms with Crippen molar-refractivity contribution in [2.24, 2.45) is 0 Å². The van der Waals surface area contributed by atoms with Crippen molar-refractivity contribution in [3.05, 3.63) is 52.0 Å². The Labute approximate surface area is 156 Å². The van der Waals surface area contributed by atoms with Crippen molar-refractivity contribution >= 4 is 46.4 Å². The highest BCUT2D eigenvalue weighted by molar-refractivity contribution is 6.32. The third kappa shape index (κ3) is 4.87. The molecule has 0 saturated heterocycles. The molecule has 0 aliphatic rings. The standard InChI is InChI=1S/C18H18Cl2N2O3/c1-11-8-13(19)4-6-16(11)22(12(2)23)10-18(24)21-14-5-7-17(25-3)15(20)9-14/h4-9H,10H2,1-3H3,(H,21,24). The number of anilines is 2. The molecule has 0 radical (unpaired) electrons. The maximum Gasteiger partial charge on any atom is 0.244 e. The second-order valence-electron chi connectivity index (χ2n) is 5.43. The minimum absolute atomic E-state index is 0.124. The number of rotatable bonds is 5. The number of nitrogens with zero attached hydrogens (tertiary/aromatic N) is 1. The van der Waals surface area contributed by atoms with E-state index in [1.54, 1.807) is 36.4 Å². The van der Waals surface area contributed by atoms with Crippen molar-refractivity contribution in [1.29, 1.82) is 0 Å². The molecule has 7 heteroatoms. The van der Waals surface area contributed by atoms with Crippen LogP contribution in [-0.2, 0) is 9.59 Å². The quantitative estimate of drug-likeness (QED) is 0.840. The molecule has 1 N–H and O–H groups in total. The van der Waals surface area contributed by atoms with Crippen molar-refractivity contribution in [3.8, 4) is 5.75 Å². The van der Waals surface area contributed by atoms with Crippen LogP contribution in [0.3, 0.4) is 0 Å². The average Bonchev–Trinajstić information content (AvgIpc) is 2.53. The summed E-state index contributed by atoms with van der Waals surface area (Å²) in [4.78, 5) is 25.7. The summed E-state index contributed by atoms with van der Waals surface area (Å²) in [5, 5.41) is 3.68. The van der Waals surface area contributed by atoms with E-state index in [1.807, 2.05) is 6.92 Å². The van der Waals surface area contributed by atoms with Crippen LogP contribution in [0.25, 0.3) is 0 Å². The number of hydrogen-bond acceptors (Lipinski definition) is 3. The zero-order valence-corrected chi connectivity index (χ0v) is 15.6. The fourth-order valence-electron chi connectivity index (χ4n) is 2.38. The van der Waals surface area contributed by atoms with Crippen LogP contribution in [0.1, 0.15) is 12.5 Å². The third-order valence-corrected chi connectivity index (χ3v) is 4.10. The van der Waals surface area contributed by atoms with E-state index < -0.39 is 0 Å². The van der Waals surface area contributed by atoms with E-state index >= 15 is 0 Å². The smallest absolute Gasteiger partial charge is 0.244 e. The number of amides is 2. The molecular weight excluding hydrogens is 363 g/mol. The molecule has 2 amide bonds. The number of halogens is 2. The van der Waals surface area contributed by atoms with Crippen molar-refractivity contribution in [2.45, 2.75) is 13.8 Å².